The molecule has 0 N–H and O–H groups in total. The van der Waals surface area contributed by atoms with Gasteiger partial charge in [0.05, 0.1) is 11.8 Å². The molecule has 3 unspecified atom stereocenters. The van der Waals surface area contributed by atoms with Crippen LogP contribution in [0, 0.1) is 6.92 Å². The van der Waals surface area contributed by atoms with E-state index in [0.29, 0.717) is 10.0 Å². The predicted molar refractivity (Wildman–Crippen MR) is 69.5 cm³/mol. The van der Waals surface area contributed by atoms with Gasteiger partial charge in [-0.2, -0.15) is 0 Å². The highest BCUT2D eigenvalue weighted by molar-refractivity contribution is 14.1. The summed E-state index contributed by atoms with van der Waals surface area (Å²) in [6.07, 6.45) is 1.56. The number of aromatic nitrogens is 1. The van der Waals surface area contributed by atoms with Crippen LogP contribution in [-0.2, 0) is 4.74 Å². The molecular weight excluding hydrogens is 301 g/mol. The molecule has 3 atom stereocenters. The second-order valence-corrected chi connectivity index (χ2v) is 6.44. The number of ether oxygens (including phenoxy) is 1. The Morgan fingerprint density at radius 2 is 2.20 bits per heavy atom. The Balaban J connectivity index is 1.93. The second kappa shape index (κ2) is 4.37. The number of rotatable bonds is 4. The van der Waals surface area contributed by atoms with Crippen molar-refractivity contribution >= 4 is 22.6 Å². The largest absolute Gasteiger partial charge is 0.364 e. The number of hydrogen-bond donors (Lipinski definition) is 0. The van der Waals surface area contributed by atoms with Gasteiger partial charge in [0.25, 0.3) is 0 Å². The first-order chi connectivity index (χ1) is 7.06. The molecule has 0 radical (unpaired) electrons. The van der Waals surface area contributed by atoms with E-state index in [0.717, 1.165) is 17.8 Å². The molecule has 2 bridgehead atoms. The minimum Gasteiger partial charge on any atom is -0.364 e. The topological polar surface area (TPSA) is 22.1 Å². The fraction of sp³-hybridized carbons (Fsp3) is 0.583. The van der Waals surface area contributed by atoms with Gasteiger partial charge in [0.15, 0.2) is 0 Å². The Bertz CT molecular complexity index is 342. The zero-order valence-electron chi connectivity index (χ0n) is 9.33. The molecule has 82 valence electrons. The summed E-state index contributed by atoms with van der Waals surface area (Å²) in [4.78, 5) is 4.44. The van der Waals surface area contributed by atoms with Gasteiger partial charge in [-0.25, -0.2) is 0 Å². The van der Waals surface area contributed by atoms with Crippen LogP contribution in [0.1, 0.15) is 43.3 Å². The molecule has 0 saturated heterocycles. The third-order valence-electron chi connectivity index (χ3n) is 2.59. The first-order valence-corrected chi connectivity index (χ1v) is 6.59. The molecule has 1 aliphatic heterocycles. The molecule has 2 aliphatic rings. The number of hydrogen-bond acceptors (Lipinski definition) is 2. The highest BCUT2D eigenvalue weighted by atomic mass is 127. The zero-order chi connectivity index (χ0) is 11.0. The van der Waals surface area contributed by atoms with Crippen molar-refractivity contribution in [3.8, 4) is 0 Å². The summed E-state index contributed by atoms with van der Waals surface area (Å²) in [5.74, 6) is 0. The highest BCUT2D eigenvalue weighted by Gasteiger charge is 2.28. The quantitative estimate of drug-likeness (QED) is 0.627. The fourth-order valence-electron chi connectivity index (χ4n) is 1.98. The summed E-state index contributed by atoms with van der Waals surface area (Å²) in [6.45, 7) is 6.38. The van der Waals surface area contributed by atoms with Crippen LogP contribution >= 0.6 is 22.6 Å². The average molecular weight is 317 g/mol. The Morgan fingerprint density at radius 3 is 2.73 bits per heavy atom. The van der Waals surface area contributed by atoms with Gasteiger partial charge < -0.3 is 4.74 Å². The van der Waals surface area contributed by atoms with Crippen LogP contribution in [0.15, 0.2) is 12.1 Å². The van der Waals surface area contributed by atoms with Gasteiger partial charge in [0.2, 0.25) is 0 Å². The van der Waals surface area contributed by atoms with Crippen molar-refractivity contribution in [3.63, 3.8) is 0 Å². The summed E-state index contributed by atoms with van der Waals surface area (Å²) in [7, 11) is 0. The Kier molecular flexibility index (Phi) is 3.30. The van der Waals surface area contributed by atoms with Crippen molar-refractivity contribution < 1.29 is 4.74 Å². The van der Waals surface area contributed by atoms with E-state index in [4.69, 9.17) is 4.74 Å². The number of halogens is 1. The van der Waals surface area contributed by atoms with Gasteiger partial charge >= 0.3 is 0 Å². The van der Waals surface area contributed by atoms with Crippen molar-refractivity contribution in [2.24, 2.45) is 0 Å². The number of fused-ring (bicyclic) bond motifs is 2. The monoisotopic (exact) mass is 317 g/mol. The van der Waals surface area contributed by atoms with E-state index in [-0.39, 0.29) is 6.10 Å². The Labute approximate surface area is 105 Å². The lowest BCUT2D eigenvalue weighted by atomic mass is 9.94. The molecule has 3 rings (SSSR count). The molecule has 15 heavy (non-hydrogen) atoms. The molecule has 1 aromatic rings. The van der Waals surface area contributed by atoms with Crippen LogP contribution in [0.25, 0.3) is 0 Å². The fourth-order valence-corrected chi connectivity index (χ4v) is 2.69. The van der Waals surface area contributed by atoms with Gasteiger partial charge in [0, 0.05) is 9.62 Å². The van der Waals surface area contributed by atoms with E-state index in [1.165, 1.54) is 5.56 Å². The lowest BCUT2D eigenvalue weighted by molar-refractivity contribution is 0.00578. The number of nitrogens with zero attached hydrogens (tertiary/aromatic N) is 1. The molecule has 2 nitrogen and oxygen atoms in total. The van der Waals surface area contributed by atoms with Gasteiger partial charge in [-0.15, -0.1) is 0 Å². The van der Waals surface area contributed by atoms with Crippen LogP contribution in [0.3, 0.4) is 0 Å². The summed E-state index contributed by atoms with van der Waals surface area (Å²) < 4.78 is 6.62. The van der Waals surface area contributed by atoms with Crippen LogP contribution in [-0.4, -0.2) is 15.0 Å². The summed E-state index contributed by atoms with van der Waals surface area (Å²) >= 11 is 2.43. The predicted octanol–water partition coefficient (Wildman–Crippen LogP) is 3.41. The van der Waals surface area contributed by atoms with E-state index < -0.39 is 0 Å². The molecule has 3 heteroatoms. The molecule has 0 spiro atoms. The number of aryl methyl sites for hydroxylation is 1. The number of pyridine rings is 1. The normalized spacial score (nSPS) is 22.0. The smallest absolute Gasteiger partial charge is 0.125 e. The van der Waals surface area contributed by atoms with E-state index in [1.807, 2.05) is 6.92 Å². The standard InChI is InChI=1S/C12H16INO/c1-7(13)4-9(3)15-12-10-5-8(2)14-11(12)6-10/h5-7,9,12H,4H2,1-3H3. The maximum absolute atomic E-state index is 5.96. The molecule has 0 aromatic carbocycles. The maximum Gasteiger partial charge on any atom is 0.125 e. The minimum absolute atomic E-state index is 0.152. The maximum atomic E-state index is 5.96. The van der Waals surface area contributed by atoms with Crippen molar-refractivity contribution in [3.05, 3.63) is 29.1 Å². The third kappa shape index (κ3) is 2.50. The third-order valence-corrected chi connectivity index (χ3v) is 3.10. The van der Waals surface area contributed by atoms with E-state index in [2.05, 4.69) is 53.6 Å². The molecule has 1 aliphatic carbocycles. The van der Waals surface area contributed by atoms with E-state index in [1.54, 1.807) is 0 Å². The summed E-state index contributed by atoms with van der Waals surface area (Å²) in [6, 6.07) is 4.22. The second-order valence-electron chi connectivity index (χ2n) is 4.31. The van der Waals surface area contributed by atoms with Crippen LogP contribution in [0.2, 0.25) is 0 Å². The molecule has 2 heterocycles. The minimum atomic E-state index is 0.152. The van der Waals surface area contributed by atoms with Crippen LogP contribution < -0.4 is 0 Å². The highest BCUT2D eigenvalue weighted by Crippen LogP contribution is 2.36. The Hall–Kier alpha value is -0.160. The zero-order valence-corrected chi connectivity index (χ0v) is 11.5. The molecule has 0 saturated carbocycles. The number of alkyl halides is 1. The van der Waals surface area contributed by atoms with Crippen molar-refractivity contribution in [2.75, 3.05) is 0 Å². The van der Waals surface area contributed by atoms with Crippen molar-refractivity contribution in [1.29, 1.82) is 0 Å². The van der Waals surface area contributed by atoms with Crippen molar-refractivity contribution in [2.45, 2.75) is 43.3 Å². The van der Waals surface area contributed by atoms with Crippen LogP contribution in [0.4, 0.5) is 0 Å². The molecule has 1 aromatic heterocycles. The first kappa shape index (κ1) is 11.3. The van der Waals surface area contributed by atoms with E-state index >= 15 is 0 Å². The van der Waals surface area contributed by atoms with Crippen LogP contribution in [0.5, 0.6) is 0 Å². The molecule has 0 amide bonds. The van der Waals surface area contributed by atoms with Gasteiger partial charge in [-0.3, -0.25) is 4.98 Å². The van der Waals surface area contributed by atoms with Gasteiger partial charge in [-0.1, -0.05) is 29.5 Å². The molecular formula is C12H16INO. The van der Waals surface area contributed by atoms with Gasteiger partial charge in [-0.05, 0) is 38.0 Å². The van der Waals surface area contributed by atoms with E-state index in [9.17, 15) is 0 Å². The average Bonchev–Trinajstić information content (AvgIpc) is 2.13. The lowest BCUT2D eigenvalue weighted by Gasteiger charge is -2.30. The summed E-state index contributed by atoms with van der Waals surface area (Å²) in [5.41, 5.74) is 3.47. The van der Waals surface area contributed by atoms with Gasteiger partial charge in [0.1, 0.15) is 6.10 Å². The van der Waals surface area contributed by atoms with Crippen molar-refractivity contribution in [1.82, 2.24) is 4.98 Å². The SMILES string of the molecule is Cc1cc2cc(n1)C2OC(C)CC(C)I. The Morgan fingerprint density at radius 1 is 1.47 bits per heavy atom. The molecule has 0 fully saturated rings. The summed E-state index contributed by atoms with van der Waals surface area (Å²) in [5, 5.41) is 0. The first-order valence-electron chi connectivity index (χ1n) is 5.34. The lowest BCUT2D eigenvalue weighted by Crippen LogP contribution is -2.23.